The number of guanidine groups is 1. The summed E-state index contributed by atoms with van der Waals surface area (Å²) in [5, 5.41) is 7.03. The largest absolute Gasteiger partial charge is 0.360 e. The molecule has 0 aromatic carbocycles. The van der Waals surface area contributed by atoms with E-state index in [9.17, 15) is 8.42 Å². The second-order valence-corrected chi connectivity index (χ2v) is 10.4. The number of hydrogen-bond acceptors (Lipinski definition) is 5. The topological polar surface area (TPSA) is 65.0 Å². The van der Waals surface area contributed by atoms with Gasteiger partial charge in [0, 0.05) is 38.8 Å². The fourth-order valence-corrected chi connectivity index (χ4v) is 6.10. The Kier molecular flexibility index (Phi) is 4.90. The summed E-state index contributed by atoms with van der Waals surface area (Å²) in [6.07, 6.45) is 3.19. The van der Waals surface area contributed by atoms with E-state index in [1.807, 2.05) is 0 Å². The van der Waals surface area contributed by atoms with Crippen molar-refractivity contribution < 1.29 is 8.42 Å². The zero-order valence-electron chi connectivity index (χ0n) is 14.4. The summed E-state index contributed by atoms with van der Waals surface area (Å²) in [4.78, 5) is 9.58. The second-order valence-electron chi connectivity index (χ2n) is 7.28. The third-order valence-electron chi connectivity index (χ3n) is 5.13. The average molecular weight is 383 g/mol. The molecule has 0 amide bonds. The molecule has 1 aromatic heterocycles. The molecular formula is C17H26N4O2S2. The van der Waals surface area contributed by atoms with Gasteiger partial charge in [-0.25, -0.2) is 8.42 Å². The molecule has 3 aliphatic rings. The molecule has 1 N–H and O–H groups in total. The maximum absolute atomic E-state index is 11.6. The van der Waals surface area contributed by atoms with Crippen molar-refractivity contribution in [3.05, 3.63) is 17.5 Å². The maximum Gasteiger partial charge on any atom is 0.194 e. The van der Waals surface area contributed by atoms with Crippen molar-refractivity contribution in [2.75, 3.05) is 49.1 Å². The van der Waals surface area contributed by atoms with E-state index in [0.29, 0.717) is 24.1 Å². The van der Waals surface area contributed by atoms with Crippen molar-refractivity contribution in [1.29, 1.82) is 0 Å². The van der Waals surface area contributed by atoms with Gasteiger partial charge in [-0.05, 0) is 42.7 Å². The van der Waals surface area contributed by atoms with E-state index in [-0.39, 0.29) is 5.92 Å². The molecule has 138 valence electrons. The Morgan fingerprint density at radius 1 is 1.24 bits per heavy atom. The van der Waals surface area contributed by atoms with E-state index in [1.54, 1.807) is 11.3 Å². The molecule has 25 heavy (non-hydrogen) atoms. The second kappa shape index (κ2) is 7.15. The molecule has 1 unspecified atom stereocenters. The van der Waals surface area contributed by atoms with Crippen LogP contribution >= 0.6 is 11.3 Å². The van der Waals surface area contributed by atoms with Gasteiger partial charge in [0.25, 0.3) is 0 Å². The van der Waals surface area contributed by atoms with E-state index in [2.05, 4.69) is 32.6 Å². The van der Waals surface area contributed by atoms with Gasteiger partial charge in [-0.15, -0.1) is 11.3 Å². The van der Waals surface area contributed by atoms with Crippen LogP contribution in [0.25, 0.3) is 0 Å². The molecule has 0 radical (unpaired) electrons. The van der Waals surface area contributed by atoms with Gasteiger partial charge < -0.3 is 15.1 Å². The lowest BCUT2D eigenvalue weighted by Crippen LogP contribution is -2.53. The molecule has 3 fully saturated rings. The first kappa shape index (κ1) is 17.1. The Morgan fingerprint density at radius 3 is 2.64 bits per heavy atom. The Hall–Kier alpha value is -1.28. The van der Waals surface area contributed by atoms with E-state index in [1.165, 1.54) is 17.8 Å². The Labute approximate surface area is 153 Å². The van der Waals surface area contributed by atoms with Crippen molar-refractivity contribution in [1.82, 2.24) is 10.2 Å². The van der Waals surface area contributed by atoms with Crippen molar-refractivity contribution in [2.24, 2.45) is 10.9 Å². The average Bonchev–Trinajstić information content (AvgIpc) is 3.11. The first-order valence-electron chi connectivity index (χ1n) is 9.14. The SMILES string of the molecule is O=S1(=O)CCC(CN=C(NC2CC2)N2CCN(c3cccs3)CC2)C1. The molecule has 1 aliphatic carbocycles. The molecule has 0 spiro atoms. The van der Waals surface area contributed by atoms with Gasteiger partial charge in [-0.3, -0.25) is 4.99 Å². The molecule has 2 aliphatic heterocycles. The molecule has 8 heteroatoms. The molecule has 0 bridgehead atoms. The van der Waals surface area contributed by atoms with Crippen LogP contribution in [0, 0.1) is 5.92 Å². The van der Waals surface area contributed by atoms with E-state index in [4.69, 9.17) is 4.99 Å². The highest BCUT2D eigenvalue weighted by Gasteiger charge is 2.30. The molecule has 2 saturated heterocycles. The monoisotopic (exact) mass is 382 g/mol. The van der Waals surface area contributed by atoms with Crippen molar-refractivity contribution in [2.45, 2.75) is 25.3 Å². The minimum atomic E-state index is -2.82. The van der Waals surface area contributed by atoms with Crippen molar-refractivity contribution in [3.63, 3.8) is 0 Å². The van der Waals surface area contributed by atoms with Crippen LogP contribution in [0.4, 0.5) is 5.00 Å². The van der Waals surface area contributed by atoms with Crippen LogP contribution in [-0.2, 0) is 9.84 Å². The van der Waals surface area contributed by atoms with E-state index in [0.717, 1.165) is 38.6 Å². The summed E-state index contributed by atoms with van der Waals surface area (Å²) in [6.45, 7) is 4.55. The number of aliphatic imine (C=N–C) groups is 1. The lowest BCUT2D eigenvalue weighted by molar-refractivity contribution is 0.371. The molecule has 1 aromatic rings. The third kappa shape index (κ3) is 4.47. The standard InChI is InChI=1S/C17H26N4O2S2/c22-25(23)11-5-14(13-25)12-18-17(19-15-3-4-15)21-8-6-20(7-9-21)16-2-1-10-24-16/h1-2,10,14-15H,3-9,11-13H2,(H,18,19). The van der Waals surface area contributed by atoms with Gasteiger partial charge in [0.1, 0.15) is 0 Å². The smallest absolute Gasteiger partial charge is 0.194 e. The first-order chi connectivity index (χ1) is 12.1. The summed E-state index contributed by atoms with van der Waals surface area (Å²) in [6, 6.07) is 4.84. The van der Waals surface area contributed by atoms with Crippen LogP contribution in [0.1, 0.15) is 19.3 Å². The van der Waals surface area contributed by atoms with Crippen LogP contribution in [0.15, 0.2) is 22.5 Å². The van der Waals surface area contributed by atoms with Gasteiger partial charge in [-0.2, -0.15) is 0 Å². The molecule has 3 heterocycles. The van der Waals surface area contributed by atoms with Gasteiger partial charge >= 0.3 is 0 Å². The first-order valence-corrected chi connectivity index (χ1v) is 11.8. The third-order valence-corrected chi connectivity index (χ3v) is 7.90. The van der Waals surface area contributed by atoms with Crippen LogP contribution in [-0.4, -0.2) is 69.5 Å². The predicted molar refractivity (Wildman–Crippen MR) is 103 cm³/mol. The lowest BCUT2D eigenvalue weighted by Gasteiger charge is -2.37. The predicted octanol–water partition coefficient (Wildman–Crippen LogP) is 1.41. The van der Waals surface area contributed by atoms with Crippen LogP contribution < -0.4 is 10.2 Å². The van der Waals surface area contributed by atoms with Gasteiger partial charge in [-0.1, -0.05) is 0 Å². The van der Waals surface area contributed by atoms with Crippen LogP contribution in [0.5, 0.6) is 0 Å². The maximum atomic E-state index is 11.6. The summed E-state index contributed by atoms with van der Waals surface area (Å²) in [5.41, 5.74) is 0. The van der Waals surface area contributed by atoms with E-state index >= 15 is 0 Å². The van der Waals surface area contributed by atoms with Crippen LogP contribution in [0.3, 0.4) is 0 Å². The number of rotatable bonds is 4. The minimum Gasteiger partial charge on any atom is -0.360 e. The molecule has 4 rings (SSSR count). The molecule has 1 saturated carbocycles. The van der Waals surface area contributed by atoms with Gasteiger partial charge in [0.2, 0.25) is 0 Å². The number of piperazine rings is 1. The number of nitrogens with one attached hydrogen (secondary N) is 1. The Bertz CT molecular complexity index is 705. The highest BCUT2D eigenvalue weighted by atomic mass is 32.2. The van der Waals surface area contributed by atoms with Crippen molar-refractivity contribution in [3.8, 4) is 0 Å². The normalized spacial score (nSPS) is 26.9. The van der Waals surface area contributed by atoms with Crippen LogP contribution in [0.2, 0.25) is 0 Å². The number of hydrogen-bond donors (Lipinski definition) is 1. The summed E-state index contributed by atoms with van der Waals surface area (Å²) in [7, 11) is -2.82. The van der Waals surface area contributed by atoms with Crippen molar-refractivity contribution >= 4 is 32.1 Å². The summed E-state index contributed by atoms with van der Waals surface area (Å²) >= 11 is 1.79. The number of anilines is 1. The minimum absolute atomic E-state index is 0.188. The molecule has 6 nitrogen and oxygen atoms in total. The summed E-state index contributed by atoms with van der Waals surface area (Å²) in [5.74, 6) is 1.81. The molecular weight excluding hydrogens is 356 g/mol. The highest BCUT2D eigenvalue weighted by Crippen LogP contribution is 2.24. The number of thiophene rings is 1. The van der Waals surface area contributed by atoms with E-state index < -0.39 is 9.84 Å². The summed E-state index contributed by atoms with van der Waals surface area (Å²) < 4.78 is 23.3. The Morgan fingerprint density at radius 2 is 2.04 bits per heavy atom. The van der Waals surface area contributed by atoms with Gasteiger partial charge in [0.05, 0.1) is 16.5 Å². The highest BCUT2D eigenvalue weighted by molar-refractivity contribution is 7.91. The molecule has 1 atom stereocenters. The Balaban J connectivity index is 1.36. The number of nitrogens with zero attached hydrogens (tertiary/aromatic N) is 3. The number of sulfone groups is 1. The fraction of sp³-hybridized carbons (Fsp3) is 0.706. The quantitative estimate of drug-likeness (QED) is 0.630. The zero-order valence-corrected chi connectivity index (χ0v) is 16.1. The van der Waals surface area contributed by atoms with Gasteiger partial charge in [0.15, 0.2) is 15.8 Å². The fourth-order valence-electron chi connectivity index (χ4n) is 3.47. The lowest BCUT2D eigenvalue weighted by atomic mass is 10.1. The zero-order chi connectivity index (χ0) is 17.3.